The number of carboxylic acids is 2. The van der Waals surface area contributed by atoms with Crippen molar-refractivity contribution in [1.29, 1.82) is 0 Å². The molecule has 2 heterocycles. The van der Waals surface area contributed by atoms with Crippen LogP contribution in [0.5, 0.6) is 0 Å². The largest absolute Gasteiger partial charge is 0.490 e. The zero-order chi connectivity index (χ0) is 20.2. The van der Waals surface area contributed by atoms with E-state index < -0.39 is 18.1 Å². The highest BCUT2D eigenvalue weighted by Gasteiger charge is 2.38. The minimum atomic E-state index is -5.08. The molecule has 27 heavy (non-hydrogen) atoms. The molecule has 0 fully saturated rings. The summed E-state index contributed by atoms with van der Waals surface area (Å²) >= 11 is 3.37. The van der Waals surface area contributed by atoms with E-state index in [2.05, 4.69) is 26.0 Å². The monoisotopic (exact) mass is 449 g/mol. The summed E-state index contributed by atoms with van der Waals surface area (Å²) in [4.78, 5) is 24.6. The van der Waals surface area contributed by atoms with Crippen LogP contribution in [-0.4, -0.2) is 48.4 Å². The molecule has 2 aromatic heterocycles. The van der Waals surface area contributed by atoms with Crippen LogP contribution < -0.4 is 0 Å². The van der Waals surface area contributed by atoms with Crippen LogP contribution in [0.1, 0.15) is 28.0 Å². The molecule has 2 aromatic rings. The average Bonchev–Trinajstić information content (AvgIpc) is 2.98. The molecule has 1 aliphatic carbocycles. The third-order valence-electron chi connectivity index (χ3n) is 3.80. The van der Waals surface area contributed by atoms with Crippen molar-refractivity contribution >= 4 is 27.9 Å². The Balaban J connectivity index is 0.000000321. The Bertz CT molecular complexity index is 852. The van der Waals surface area contributed by atoms with Crippen molar-refractivity contribution in [3.05, 3.63) is 35.3 Å². The Kier molecular flexibility index (Phi) is 6.58. The molecule has 0 aromatic carbocycles. The maximum Gasteiger partial charge on any atom is 0.490 e. The predicted molar refractivity (Wildman–Crippen MR) is 91.9 cm³/mol. The summed E-state index contributed by atoms with van der Waals surface area (Å²) in [5.41, 5.74) is 4.15. The van der Waals surface area contributed by atoms with Crippen molar-refractivity contribution in [2.45, 2.75) is 32.0 Å². The van der Waals surface area contributed by atoms with Crippen LogP contribution in [0, 0.1) is 0 Å². The van der Waals surface area contributed by atoms with Gasteiger partial charge in [0.15, 0.2) is 0 Å². The fourth-order valence-electron chi connectivity index (χ4n) is 2.68. The van der Waals surface area contributed by atoms with E-state index in [1.54, 1.807) is 10.9 Å². The van der Waals surface area contributed by atoms with E-state index in [0.29, 0.717) is 18.7 Å². The SMILES string of the molecule is O=C(O)C(F)(F)F.O=C(O)c1c2c(nn1CCCBr)-c1ccncc1CC2. The quantitative estimate of drug-likeness (QED) is 0.694. The predicted octanol–water partition coefficient (Wildman–Crippen LogP) is 3.16. The van der Waals surface area contributed by atoms with Gasteiger partial charge < -0.3 is 10.2 Å². The number of pyridine rings is 1. The number of carbonyl (C=O) groups is 2. The van der Waals surface area contributed by atoms with Crippen LogP contribution in [-0.2, 0) is 24.2 Å². The van der Waals surface area contributed by atoms with Crippen molar-refractivity contribution < 1.29 is 33.0 Å². The number of halogens is 4. The molecular weight excluding hydrogens is 435 g/mol. The molecule has 146 valence electrons. The lowest BCUT2D eigenvalue weighted by molar-refractivity contribution is -0.192. The van der Waals surface area contributed by atoms with Gasteiger partial charge in [-0.05, 0) is 30.9 Å². The Morgan fingerprint density at radius 3 is 2.48 bits per heavy atom. The number of aliphatic carboxylic acids is 1. The van der Waals surface area contributed by atoms with Crippen LogP contribution >= 0.6 is 15.9 Å². The molecule has 0 spiro atoms. The molecule has 3 rings (SSSR count). The molecule has 0 unspecified atom stereocenters. The van der Waals surface area contributed by atoms with Gasteiger partial charge in [0.2, 0.25) is 0 Å². The normalized spacial score (nSPS) is 12.4. The highest BCUT2D eigenvalue weighted by Crippen LogP contribution is 2.34. The van der Waals surface area contributed by atoms with Crippen LogP contribution in [0.2, 0.25) is 0 Å². The molecule has 0 saturated carbocycles. The fourth-order valence-corrected chi connectivity index (χ4v) is 2.93. The number of hydrogen-bond donors (Lipinski definition) is 2. The van der Waals surface area contributed by atoms with Crippen molar-refractivity contribution in [2.75, 3.05) is 5.33 Å². The average molecular weight is 450 g/mol. The third-order valence-corrected chi connectivity index (χ3v) is 4.36. The molecular formula is C16H15BrF3N3O4. The summed E-state index contributed by atoms with van der Waals surface area (Å²) in [5.74, 6) is -3.65. The number of carboxylic acid groups (broad SMARTS) is 2. The second kappa shape index (κ2) is 8.51. The summed E-state index contributed by atoms with van der Waals surface area (Å²) in [5, 5.41) is 22.0. The van der Waals surface area contributed by atoms with Gasteiger partial charge in [-0.2, -0.15) is 18.3 Å². The fraction of sp³-hybridized carbons (Fsp3) is 0.375. The lowest BCUT2D eigenvalue weighted by Crippen LogP contribution is -2.21. The van der Waals surface area contributed by atoms with Crippen molar-refractivity contribution in [3.63, 3.8) is 0 Å². The summed E-state index contributed by atoms with van der Waals surface area (Å²) in [6, 6.07) is 1.92. The first-order valence-corrected chi connectivity index (χ1v) is 8.91. The van der Waals surface area contributed by atoms with Gasteiger partial charge in [0.1, 0.15) is 5.69 Å². The van der Waals surface area contributed by atoms with Crippen LogP contribution in [0.4, 0.5) is 13.2 Å². The zero-order valence-electron chi connectivity index (χ0n) is 13.8. The van der Waals surface area contributed by atoms with Gasteiger partial charge in [0.05, 0.1) is 5.69 Å². The highest BCUT2D eigenvalue weighted by molar-refractivity contribution is 9.09. The van der Waals surface area contributed by atoms with Gasteiger partial charge in [0, 0.05) is 35.4 Å². The lowest BCUT2D eigenvalue weighted by atomic mass is 9.90. The van der Waals surface area contributed by atoms with Crippen molar-refractivity contribution in [2.24, 2.45) is 0 Å². The van der Waals surface area contributed by atoms with Gasteiger partial charge >= 0.3 is 18.1 Å². The topological polar surface area (TPSA) is 105 Å². The van der Waals surface area contributed by atoms with E-state index in [1.165, 1.54) is 0 Å². The number of fused-ring (bicyclic) bond motifs is 3. The highest BCUT2D eigenvalue weighted by atomic mass is 79.9. The van der Waals surface area contributed by atoms with E-state index in [1.807, 2.05) is 12.3 Å². The maximum atomic E-state index is 11.5. The van der Waals surface area contributed by atoms with Crippen LogP contribution in [0.25, 0.3) is 11.3 Å². The third kappa shape index (κ3) is 4.85. The van der Waals surface area contributed by atoms with Gasteiger partial charge in [-0.25, -0.2) is 9.59 Å². The van der Waals surface area contributed by atoms with Crippen LogP contribution in [0.15, 0.2) is 18.5 Å². The standard InChI is InChI=1S/C14H14BrN3O2.C2HF3O2/c15-5-1-7-18-13(14(19)20)11-3-2-9-8-16-6-4-10(9)12(11)17-18;3-2(4,5)1(6)7/h4,6,8H,1-3,5,7H2,(H,19,20);(H,6,7). The Labute approximate surface area is 160 Å². The summed E-state index contributed by atoms with van der Waals surface area (Å²) in [6.07, 6.45) is 0.872. The molecule has 0 amide bonds. The van der Waals surface area contributed by atoms with Gasteiger partial charge in [-0.3, -0.25) is 9.67 Å². The first-order chi connectivity index (χ1) is 12.7. The minimum Gasteiger partial charge on any atom is -0.477 e. The van der Waals surface area contributed by atoms with Gasteiger partial charge in [-0.1, -0.05) is 15.9 Å². The number of alkyl halides is 4. The molecule has 0 aliphatic heterocycles. The molecule has 7 nitrogen and oxygen atoms in total. The smallest absolute Gasteiger partial charge is 0.477 e. The first kappa shape index (κ1) is 20.9. The molecule has 2 N–H and O–H groups in total. The maximum absolute atomic E-state index is 11.5. The minimum absolute atomic E-state index is 0.336. The molecule has 0 atom stereocenters. The summed E-state index contributed by atoms with van der Waals surface area (Å²) in [7, 11) is 0. The Morgan fingerprint density at radius 2 is 1.93 bits per heavy atom. The first-order valence-electron chi connectivity index (χ1n) is 7.79. The van der Waals surface area contributed by atoms with Gasteiger partial charge in [-0.15, -0.1) is 0 Å². The number of nitrogens with zero attached hydrogens (tertiary/aromatic N) is 3. The lowest BCUT2D eigenvalue weighted by Gasteiger charge is -2.14. The second-order valence-electron chi connectivity index (χ2n) is 5.58. The van der Waals surface area contributed by atoms with E-state index in [0.717, 1.165) is 40.6 Å². The van der Waals surface area contributed by atoms with Gasteiger partial charge in [0.25, 0.3) is 0 Å². The molecule has 11 heteroatoms. The van der Waals surface area contributed by atoms with E-state index >= 15 is 0 Å². The number of aromatic nitrogens is 3. The molecule has 1 aliphatic rings. The molecule has 0 saturated heterocycles. The summed E-state index contributed by atoms with van der Waals surface area (Å²) < 4.78 is 33.4. The van der Waals surface area contributed by atoms with E-state index in [-0.39, 0.29) is 0 Å². The van der Waals surface area contributed by atoms with E-state index in [4.69, 9.17) is 9.90 Å². The zero-order valence-corrected chi connectivity index (χ0v) is 15.4. The van der Waals surface area contributed by atoms with Crippen LogP contribution in [0.3, 0.4) is 0 Å². The van der Waals surface area contributed by atoms with Crippen molar-refractivity contribution in [3.8, 4) is 11.3 Å². The Morgan fingerprint density at radius 1 is 1.26 bits per heavy atom. The number of aryl methyl sites for hydroxylation is 2. The number of rotatable bonds is 4. The Hall–Kier alpha value is -2.43. The molecule has 0 radical (unpaired) electrons. The van der Waals surface area contributed by atoms with Crippen molar-refractivity contribution in [1.82, 2.24) is 14.8 Å². The second-order valence-corrected chi connectivity index (χ2v) is 6.38. The number of aromatic carboxylic acids is 1. The summed E-state index contributed by atoms with van der Waals surface area (Å²) in [6.45, 7) is 0.611. The van der Waals surface area contributed by atoms with E-state index in [9.17, 15) is 23.1 Å². The number of hydrogen-bond acceptors (Lipinski definition) is 4. The molecule has 0 bridgehead atoms.